The highest BCUT2D eigenvalue weighted by Gasteiger charge is 2.35. The summed E-state index contributed by atoms with van der Waals surface area (Å²) in [4.78, 5) is 32.6. The van der Waals surface area contributed by atoms with Gasteiger partial charge in [-0.2, -0.15) is 0 Å². The predicted molar refractivity (Wildman–Crippen MR) is 174 cm³/mol. The summed E-state index contributed by atoms with van der Waals surface area (Å²) in [5.41, 5.74) is 7.70. The molecule has 7 nitrogen and oxygen atoms in total. The second kappa shape index (κ2) is 12.0. The van der Waals surface area contributed by atoms with E-state index < -0.39 is 12.0 Å². The molecule has 3 heterocycles. The van der Waals surface area contributed by atoms with Crippen LogP contribution in [0.15, 0.2) is 106 Å². The Hall–Kier alpha value is -4.95. The number of fused-ring (bicyclic) bond motifs is 1. The van der Waals surface area contributed by atoms with Gasteiger partial charge in [-0.1, -0.05) is 72.0 Å². The quantitative estimate of drug-likeness (QED) is 0.218. The van der Waals surface area contributed by atoms with Gasteiger partial charge in [0, 0.05) is 22.6 Å². The number of ether oxygens (including phenoxy) is 2. The Balaban J connectivity index is 1.46. The topological polar surface area (TPSA) is 74.8 Å². The van der Waals surface area contributed by atoms with Gasteiger partial charge in [0.2, 0.25) is 0 Å². The van der Waals surface area contributed by atoms with E-state index in [9.17, 15) is 9.59 Å². The lowest BCUT2D eigenvalue weighted by molar-refractivity contribution is -0.139. The number of hydrogen-bond acceptors (Lipinski definition) is 6. The van der Waals surface area contributed by atoms with Gasteiger partial charge in [0.05, 0.1) is 29.5 Å². The molecule has 0 saturated carbocycles. The van der Waals surface area contributed by atoms with Crippen molar-refractivity contribution in [2.75, 3.05) is 13.7 Å². The Morgan fingerprint density at radius 1 is 0.955 bits per heavy atom. The van der Waals surface area contributed by atoms with Gasteiger partial charge in [0.25, 0.3) is 5.56 Å². The first-order valence-corrected chi connectivity index (χ1v) is 15.3. The van der Waals surface area contributed by atoms with Gasteiger partial charge >= 0.3 is 5.97 Å². The lowest BCUT2D eigenvalue weighted by Gasteiger charge is -2.25. The maximum absolute atomic E-state index is 14.1. The number of rotatable bonds is 7. The van der Waals surface area contributed by atoms with E-state index in [1.807, 2.05) is 48.5 Å². The summed E-state index contributed by atoms with van der Waals surface area (Å²) >= 11 is 1.31. The summed E-state index contributed by atoms with van der Waals surface area (Å²) in [5, 5.41) is 0. The Kier molecular flexibility index (Phi) is 7.93. The molecule has 0 saturated heterocycles. The zero-order valence-electron chi connectivity index (χ0n) is 25.3. The third-order valence-electron chi connectivity index (χ3n) is 7.94. The number of benzene rings is 3. The van der Waals surface area contributed by atoms with Gasteiger partial charge in [-0.25, -0.2) is 9.79 Å². The van der Waals surface area contributed by atoms with Gasteiger partial charge in [-0.05, 0) is 74.7 Å². The lowest BCUT2D eigenvalue weighted by Crippen LogP contribution is -2.40. The van der Waals surface area contributed by atoms with E-state index in [2.05, 4.69) is 60.9 Å². The van der Waals surface area contributed by atoms with Crippen LogP contribution in [0, 0.1) is 13.8 Å². The molecule has 0 spiro atoms. The number of hydrogen-bond donors (Lipinski definition) is 0. The number of nitrogens with zero attached hydrogens (tertiary/aromatic N) is 3. The van der Waals surface area contributed by atoms with Crippen molar-refractivity contribution in [3.05, 3.63) is 138 Å². The number of carbonyl (C=O) groups excluding carboxylic acids is 1. The summed E-state index contributed by atoms with van der Waals surface area (Å²) < 4.78 is 15.4. The number of para-hydroxylation sites is 1. The van der Waals surface area contributed by atoms with Gasteiger partial charge in [0.1, 0.15) is 11.8 Å². The average molecular weight is 604 g/mol. The van der Waals surface area contributed by atoms with Crippen molar-refractivity contribution in [1.82, 2.24) is 9.13 Å². The van der Waals surface area contributed by atoms with E-state index in [-0.39, 0.29) is 12.2 Å². The van der Waals surface area contributed by atoms with Crippen molar-refractivity contribution < 1.29 is 14.3 Å². The first-order chi connectivity index (χ1) is 21.3. The van der Waals surface area contributed by atoms with Crippen LogP contribution in [0.4, 0.5) is 0 Å². The first kappa shape index (κ1) is 29.1. The number of aryl methyl sites for hydroxylation is 1. The van der Waals surface area contributed by atoms with E-state index in [0.717, 1.165) is 28.2 Å². The number of allylic oxidation sites excluding steroid dienone is 1. The van der Waals surface area contributed by atoms with E-state index in [1.54, 1.807) is 25.5 Å². The Morgan fingerprint density at radius 3 is 2.34 bits per heavy atom. The SMILES string of the molecule is CCOC(=O)C1=C(C)N=c2s/c(=C\c3cc(C)n(-c4ccc(-c5ccccc5)cc4)c3C)c(=O)n2[C@H]1c1ccccc1OC. The molecule has 2 aromatic heterocycles. The Labute approximate surface area is 259 Å². The van der Waals surface area contributed by atoms with Crippen LogP contribution in [-0.2, 0) is 9.53 Å². The van der Waals surface area contributed by atoms with Crippen molar-refractivity contribution in [1.29, 1.82) is 0 Å². The minimum Gasteiger partial charge on any atom is -0.496 e. The maximum atomic E-state index is 14.1. The third kappa shape index (κ3) is 5.11. The summed E-state index contributed by atoms with van der Waals surface area (Å²) in [6.45, 7) is 7.87. The minimum absolute atomic E-state index is 0.212. The fourth-order valence-corrected chi connectivity index (χ4v) is 6.92. The smallest absolute Gasteiger partial charge is 0.338 e. The van der Waals surface area contributed by atoms with Crippen LogP contribution in [0.2, 0.25) is 0 Å². The van der Waals surface area contributed by atoms with Crippen LogP contribution < -0.4 is 19.6 Å². The molecule has 6 rings (SSSR count). The molecule has 0 aliphatic carbocycles. The normalized spacial score (nSPS) is 14.8. The van der Waals surface area contributed by atoms with Crippen molar-refractivity contribution in [2.24, 2.45) is 4.99 Å². The third-order valence-corrected chi connectivity index (χ3v) is 8.92. The zero-order chi connectivity index (χ0) is 31.0. The summed E-state index contributed by atoms with van der Waals surface area (Å²) in [7, 11) is 1.58. The molecule has 8 heteroatoms. The molecule has 0 radical (unpaired) electrons. The van der Waals surface area contributed by atoms with Crippen LogP contribution in [0.5, 0.6) is 5.75 Å². The number of aromatic nitrogens is 2. The highest BCUT2D eigenvalue weighted by Crippen LogP contribution is 2.35. The molecule has 1 atom stereocenters. The molecule has 3 aromatic carbocycles. The molecule has 222 valence electrons. The van der Waals surface area contributed by atoms with Crippen molar-refractivity contribution >= 4 is 23.4 Å². The van der Waals surface area contributed by atoms with E-state index in [1.165, 1.54) is 16.9 Å². The number of thiazole rings is 1. The Bertz CT molecular complexity index is 2080. The van der Waals surface area contributed by atoms with Crippen molar-refractivity contribution in [3.8, 4) is 22.6 Å². The molecule has 1 aliphatic heterocycles. The summed E-state index contributed by atoms with van der Waals surface area (Å²) in [6, 6.07) is 27.6. The van der Waals surface area contributed by atoms with Crippen LogP contribution >= 0.6 is 11.3 Å². The number of esters is 1. The summed E-state index contributed by atoms with van der Waals surface area (Å²) in [6.07, 6.45) is 1.92. The first-order valence-electron chi connectivity index (χ1n) is 14.5. The molecular formula is C36H33N3O4S. The molecule has 0 amide bonds. The van der Waals surface area contributed by atoms with Gasteiger partial charge in [-0.3, -0.25) is 9.36 Å². The molecule has 44 heavy (non-hydrogen) atoms. The molecular weight excluding hydrogens is 570 g/mol. The van der Waals surface area contributed by atoms with E-state index >= 15 is 0 Å². The zero-order valence-corrected chi connectivity index (χ0v) is 26.1. The number of methoxy groups -OCH3 is 1. The van der Waals surface area contributed by atoms with Gasteiger partial charge in [0.15, 0.2) is 4.80 Å². The second-order valence-electron chi connectivity index (χ2n) is 10.6. The van der Waals surface area contributed by atoms with Crippen LogP contribution in [0.25, 0.3) is 22.9 Å². The fourth-order valence-electron chi connectivity index (χ4n) is 5.88. The molecule has 0 N–H and O–H groups in total. The Morgan fingerprint density at radius 2 is 1.64 bits per heavy atom. The molecule has 1 aliphatic rings. The minimum atomic E-state index is -0.737. The van der Waals surface area contributed by atoms with Crippen molar-refractivity contribution in [2.45, 2.75) is 33.7 Å². The molecule has 0 bridgehead atoms. The van der Waals surface area contributed by atoms with Crippen LogP contribution in [0.1, 0.15) is 42.4 Å². The summed E-state index contributed by atoms with van der Waals surface area (Å²) in [5.74, 6) is 0.0752. The van der Waals surface area contributed by atoms with Gasteiger partial charge in [-0.15, -0.1) is 0 Å². The molecule has 0 unspecified atom stereocenters. The average Bonchev–Trinajstić information content (AvgIpc) is 3.50. The molecule has 5 aromatic rings. The standard InChI is InChI=1S/C36H33N3O4S/c1-6-43-35(41)32-23(3)37-36-39(33(32)29-14-10-11-15-30(29)42-5)34(40)31(44-36)21-27-20-22(2)38(24(27)4)28-18-16-26(17-19-28)25-12-8-7-9-13-25/h7-21,33H,6H2,1-5H3/b31-21-/t33-/m0/s1. The highest BCUT2D eigenvalue weighted by molar-refractivity contribution is 7.07. The predicted octanol–water partition coefficient (Wildman–Crippen LogP) is 5.88. The van der Waals surface area contributed by atoms with E-state index in [0.29, 0.717) is 31.9 Å². The number of carbonyl (C=O) groups is 1. The molecule has 0 fully saturated rings. The van der Waals surface area contributed by atoms with Crippen molar-refractivity contribution in [3.63, 3.8) is 0 Å². The fraction of sp³-hybridized carbons (Fsp3) is 0.194. The van der Waals surface area contributed by atoms with Crippen LogP contribution in [0.3, 0.4) is 0 Å². The van der Waals surface area contributed by atoms with Gasteiger partial charge < -0.3 is 14.0 Å². The maximum Gasteiger partial charge on any atom is 0.338 e. The highest BCUT2D eigenvalue weighted by atomic mass is 32.1. The monoisotopic (exact) mass is 603 g/mol. The van der Waals surface area contributed by atoms with Crippen LogP contribution in [-0.4, -0.2) is 28.8 Å². The lowest BCUT2D eigenvalue weighted by atomic mass is 9.95. The largest absolute Gasteiger partial charge is 0.496 e. The van der Waals surface area contributed by atoms with E-state index in [4.69, 9.17) is 14.5 Å². The second-order valence-corrected chi connectivity index (χ2v) is 11.6.